The van der Waals surface area contributed by atoms with Crippen LogP contribution in [0.4, 0.5) is 5.69 Å². The van der Waals surface area contributed by atoms with Gasteiger partial charge in [-0.05, 0) is 24.7 Å². The van der Waals surface area contributed by atoms with Crippen LogP contribution < -0.4 is 0 Å². The number of nitro groups is 1. The van der Waals surface area contributed by atoms with Crippen LogP contribution in [-0.4, -0.2) is 54.2 Å². The molecule has 2 atom stereocenters. The number of hydrogen-bond acceptors (Lipinski definition) is 5. The van der Waals surface area contributed by atoms with Gasteiger partial charge >= 0.3 is 0 Å². The Morgan fingerprint density at radius 1 is 1.21 bits per heavy atom. The second-order valence-electron chi connectivity index (χ2n) is 5.14. The summed E-state index contributed by atoms with van der Waals surface area (Å²) in [5.41, 5.74) is 1.15. The molecule has 0 unspecified atom stereocenters. The number of benzene rings is 1. The Morgan fingerprint density at radius 2 is 1.84 bits per heavy atom. The van der Waals surface area contributed by atoms with Crippen LogP contribution in [0.5, 0.6) is 0 Å². The molecule has 6 nitrogen and oxygen atoms in total. The Hall–Kier alpha value is -1.50. The highest BCUT2D eigenvalue weighted by Gasteiger charge is 2.45. The van der Waals surface area contributed by atoms with E-state index in [1.54, 1.807) is 12.1 Å². The van der Waals surface area contributed by atoms with E-state index in [9.17, 15) is 10.1 Å². The van der Waals surface area contributed by atoms with E-state index < -0.39 is 0 Å². The summed E-state index contributed by atoms with van der Waals surface area (Å²) in [4.78, 5) is 14.9. The molecule has 0 saturated carbocycles. The number of rotatable bonds is 3. The van der Waals surface area contributed by atoms with Gasteiger partial charge in [0.1, 0.15) is 12.3 Å². The van der Waals surface area contributed by atoms with Crippen molar-refractivity contribution < 1.29 is 9.66 Å². The number of epoxide rings is 1. The van der Waals surface area contributed by atoms with Gasteiger partial charge in [0.25, 0.3) is 5.69 Å². The smallest absolute Gasteiger partial charge is 0.269 e. The predicted molar refractivity (Wildman–Crippen MR) is 69.8 cm³/mol. The minimum atomic E-state index is -0.379. The zero-order chi connectivity index (χ0) is 13.4. The van der Waals surface area contributed by atoms with Crippen molar-refractivity contribution in [3.63, 3.8) is 0 Å². The largest absolute Gasteiger partial charge is 0.348 e. The van der Waals surface area contributed by atoms with Crippen LogP contribution in [0.15, 0.2) is 24.3 Å². The van der Waals surface area contributed by atoms with E-state index in [0.29, 0.717) is 0 Å². The first-order valence-electron chi connectivity index (χ1n) is 6.47. The van der Waals surface area contributed by atoms with E-state index in [4.69, 9.17) is 4.74 Å². The molecule has 19 heavy (non-hydrogen) atoms. The Morgan fingerprint density at radius 3 is 2.42 bits per heavy atom. The molecule has 1 aromatic rings. The third-order valence-corrected chi connectivity index (χ3v) is 3.80. The maximum absolute atomic E-state index is 10.6. The standard InChI is InChI=1S/C13H17N3O3/c1-14-6-8-15(9-7-14)13-12(19-13)10-2-4-11(5-3-10)16(17)18/h2-5,12-13H,6-9H2,1H3/t12-,13+/m0/s1. The van der Waals surface area contributed by atoms with E-state index in [2.05, 4.69) is 16.8 Å². The first-order chi connectivity index (χ1) is 9.15. The number of ether oxygens (including phenoxy) is 1. The quantitative estimate of drug-likeness (QED) is 0.466. The van der Waals surface area contributed by atoms with Gasteiger partial charge in [-0.2, -0.15) is 0 Å². The number of non-ortho nitro benzene ring substituents is 1. The molecule has 0 spiro atoms. The van der Waals surface area contributed by atoms with Crippen LogP contribution >= 0.6 is 0 Å². The molecule has 0 bridgehead atoms. The van der Waals surface area contributed by atoms with Crippen LogP contribution in [0.2, 0.25) is 0 Å². The Kier molecular flexibility index (Phi) is 3.22. The Balaban J connectivity index is 1.61. The summed E-state index contributed by atoms with van der Waals surface area (Å²) < 4.78 is 5.72. The zero-order valence-corrected chi connectivity index (χ0v) is 10.9. The fourth-order valence-corrected chi connectivity index (χ4v) is 2.49. The number of hydrogen-bond donors (Lipinski definition) is 0. The van der Waals surface area contributed by atoms with Gasteiger partial charge < -0.3 is 9.64 Å². The predicted octanol–water partition coefficient (Wildman–Crippen LogP) is 1.24. The van der Waals surface area contributed by atoms with Crippen LogP contribution in [0.1, 0.15) is 11.7 Å². The summed E-state index contributed by atoms with van der Waals surface area (Å²) in [6.07, 6.45) is 0.222. The van der Waals surface area contributed by atoms with Crippen LogP contribution in [-0.2, 0) is 4.74 Å². The monoisotopic (exact) mass is 263 g/mol. The number of likely N-dealkylation sites (N-methyl/N-ethyl adjacent to an activating group) is 1. The van der Waals surface area contributed by atoms with Crippen molar-refractivity contribution in [2.75, 3.05) is 33.2 Å². The van der Waals surface area contributed by atoms with Crippen molar-refractivity contribution in [3.8, 4) is 0 Å². The second-order valence-corrected chi connectivity index (χ2v) is 5.14. The van der Waals surface area contributed by atoms with Crippen molar-refractivity contribution in [1.29, 1.82) is 0 Å². The Labute approximate surface area is 111 Å². The minimum absolute atomic E-state index is 0.0733. The van der Waals surface area contributed by atoms with E-state index in [0.717, 1.165) is 31.7 Å². The third kappa shape index (κ3) is 2.60. The van der Waals surface area contributed by atoms with Crippen LogP contribution in [0.3, 0.4) is 0 Å². The van der Waals surface area contributed by atoms with Gasteiger partial charge in [0.2, 0.25) is 0 Å². The average molecular weight is 263 g/mol. The number of nitro benzene ring substituents is 1. The van der Waals surface area contributed by atoms with Crippen molar-refractivity contribution in [2.45, 2.75) is 12.3 Å². The first-order valence-corrected chi connectivity index (χ1v) is 6.47. The molecular weight excluding hydrogens is 246 g/mol. The molecule has 0 radical (unpaired) electrons. The van der Waals surface area contributed by atoms with E-state index in [1.807, 2.05) is 0 Å². The summed E-state index contributed by atoms with van der Waals surface area (Å²) in [6.45, 7) is 4.16. The molecule has 6 heteroatoms. The Bertz CT molecular complexity index is 469. The summed E-state index contributed by atoms with van der Waals surface area (Å²) in [5, 5.41) is 10.6. The van der Waals surface area contributed by atoms with Crippen molar-refractivity contribution in [2.24, 2.45) is 0 Å². The average Bonchev–Trinajstić information content (AvgIpc) is 3.20. The number of piperazine rings is 1. The third-order valence-electron chi connectivity index (χ3n) is 3.80. The van der Waals surface area contributed by atoms with Crippen molar-refractivity contribution in [1.82, 2.24) is 9.80 Å². The molecular formula is C13H17N3O3. The molecule has 0 aromatic heterocycles. The molecule has 0 amide bonds. The summed E-state index contributed by atoms with van der Waals surface area (Å²) in [5.74, 6) is 0. The molecule has 102 valence electrons. The molecule has 2 heterocycles. The lowest BCUT2D eigenvalue weighted by molar-refractivity contribution is -0.384. The molecule has 1 aromatic carbocycles. The van der Waals surface area contributed by atoms with Crippen molar-refractivity contribution >= 4 is 5.69 Å². The molecule has 2 fully saturated rings. The minimum Gasteiger partial charge on any atom is -0.348 e. The van der Waals surface area contributed by atoms with E-state index in [-0.39, 0.29) is 22.9 Å². The van der Waals surface area contributed by atoms with E-state index in [1.165, 1.54) is 12.1 Å². The molecule has 2 aliphatic rings. The maximum Gasteiger partial charge on any atom is 0.269 e. The summed E-state index contributed by atoms with van der Waals surface area (Å²) in [6, 6.07) is 6.66. The molecule has 0 aliphatic carbocycles. The lowest BCUT2D eigenvalue weighted by atomic mass is 10.1. The highest BCUT2D eigenvalue weighted by Crippen LogP contribution is 2.41. The topological polar surface area (TPSA) is 62.1 Å². The van der Waals surface area contributed by atoms with Crippen LogP contribution in [0, 0.1) is 10.1 Å². The highest BCUT2D eigenvalue weighted by molar-refractivity contribution is 5.35. The lowest BCUT2D eigenvalue weighted by Gasteiger charge is -2.31. The summed E-state index contributed by atoms with van der Waals surface area (Å²) >= 11 is 0. The van der Waals surface area contributed by atoms with Crippen molar-refractivity contribution in [3.05, 3.63) is 39.9 Å². The normalized spacial score (nSPS) is 28.3. The van der Waals surface area contributed by atoms with Gasteiger partial charge in [-0.15, -0.1) is 0 Å². The van der Waals surface area contributed by atoms with Gasteiger partial charge in [-0.25, -0.2) is 0 Å². The first kappa shape index (κ1) is 12.5. The zero-order valence-electron chi connectivity index (χ0n) is 10.9. The number of nitrogens with zero attached hydrogens (tertiary/aromatic N) is 3. The second kappa shape index (κ2) is 4.88. The summed E-state index contributed by atoms with van der Waals surface area (Å²) in [7, 11) is 2.12. The fourth-order valence-electron chi connectivity index (χ4n) is 2.49. The van der Waals surface area contributed by atoms with Gasteiger partial charge in [-0.3, -0.25) is 15.0 Å². The van der Waals surface area contributed by atoms with Gasteiger partial charge in [0, 0.05) is 38.3 Å². The van der Waals surface area contributed by atoms with Gasteiger partial charge in [0.05, 0.1) is 4.92 Å². The SMILES string of the molecule is CN1CCN([C@@H]2O[C@H]2c2ccc([N+](=O)[O-])cc2)CC1. The van der Waals surface area contributed by atoms with Gasteiger partial charge in [0.15, 0.2) is 0 Å². The highest BCUT2D eigenvalue weighted by atomic mass is 16.6. The van der Waals surface area contributed by atoms with E-state index >= 15 is 0 Å². The maximum atomic E-state index is 10.6. The molecule has 2 saturated heterocycles. The molecule has 3 rings (SSSR count). The molecule has 0 N–H and O–H groups in total. The molecule has 2 aliphatic heterocycles. The van der Waals surface area contributed by atoms with Gasteiger partial charge in [-0.1, -0.05) is 0 Å². The fraction of sp³-hybridized carbons (Fsp3) is 0.538. The van der Waals surface area contributed by atoms with Crippen LogP contribution in [0.25, 0.3) is 0 Å². The lowest BCUT2D eigenvalue weighted by Crippen LogP contribution is -2.45.